The van der Waals surface area contributed by atoms with Gasteiger partial charge in [-0.2, -0.15) is 0 Å². The van der Waals surface area contributed by atoms with E-state index in [1.165, 1.54) is 12.1 Å². The second-order valence-corrected chi connectivity index (χ2v) is 4.45. The third kappa shape index (κ3) is 3.33. The Morgan fingerprint density at radius 1 is 1.43 bits per heavy atom. The zero-order chi connectivity index (χ0) is 15.4. The van der Waals surface area contributed by atoms with Crippen LogP contribution in [0.1, 0.15) is 28.9 Å². The van der Waals surface area contributed by atoms with Gasteiger partial charge in [-0.15, -0.1) is 0 Å². The van der Waals surface area contributed by atoms with Crippen molar-refractivity contribution in [1.29, 1.82) is 0 Å². The Bertz CT molecular complexity index is 673. The number of nitro groups is 1. The molecule has 1 heterocycles. The van der Waals surface area contributed by atoms with E-state index in [9.17, 15) is 14.9 Å². The molecule has 1 atom stereocenters. The lowest BCUT2D eigenvalue weighted by atomic mass is 10.1. The van der Waals surface area contributed by atoms with Crippen molar-refractivity contribution in [1.82, 2.24) is 4.98 Å². The maximum Gasteiger partial charge on any atom is 0.335 e. The Labute approximate surface area is 120 Å². The average Bonchev–Trinajstić information content (AvgIpc) is 2.48. The molecule has 0 bridgehead atoms. The normalized spacial score (nSPS) is 11.7. The van der Waals surface area contributed by atoms with Crippen molar-refractivity contribution in [3.63, 3.8) is 0 Å². The van der Waals surface area contributed by atoms with Crippen molar-refractivity contribution >= 4 is 17.3 Å². The molecule has 0 fully saturated rings. The third-order valence-electron chi connectivity index (χ3n) is 3.00. The van der Waals surface area contributed by atoms with Gasteiger partial charge in [0.25, 0.3) is 5.69 Å². The van der Waals surface area contributed by atoms with Crippen LogP contribution in [0.15, 0.2) is 42.7 Å². The van der Waals surface area contributed by atoms with Gasteiger partial charge in [-0.3, -0.25) is 15.1 Å². The smallest absolute Gasteiger partial charge is 0.335 e. The first kappa shape index (κ1) is 14.4. The van der Waals surface area contributed by atoms with Gasteiger partial charge < -0.3 is 10.4 Å². The molecule has 0 aliphatic carbocycles. The first-order chi connectivity index (χ1) is 9.99. The van der Waals surface area contributed by atoms with Crippen LogP contribution in [0.4, 0.5) is 11.4 Å². The molecule has 0 saturated carbocycles. The summed E-state index contributed by atoms with van der Waals surface area (Å²) in [5, 5.41) is 23.0. The molecule has 2 N–H and O–H groups in total. The Hall–Kier alpha value is -2.96. The summed E-state index contributed by atoms with van der Waals surface area (Å²) in [6.07, 6.45) is 3.30. The molecular weight excluding hydrogens is 274 g/mol. The van der Waals surface area contributed by atoms with Crippen molar-refractivity contribution in [2.24, 2.45) is 0 Å². The van der Waals surface area contributed by atoms with E-state index >= 15 is 0 Å². The van der Waals surface area contributed by atoms with Gasteiger partial charge in [0.2, 0.25) is 0 Å². The molecule has 1 unspecified atom stereocenters. The number of anilines is 1. The number of aromatic nitrogens is 1. The summed E-state index contributed by atoms with van der Waals surface area (Å²) >= 11 is 0. The Morgan fingerprint density at radius 2 is 2.19 bits per heavy atom. The van der Waals surface area contributed by atoms with Gasteiger partial charge in [-0.05, 0) is 30.7 Å². The summed E-state index contributed by atoms with van der Waals surface area (Å²) in [4.78, 5) is 25.3. The largest absolute Gasteiger partial charge is 0.478 e. The molecule has 0 radical (unpaired) electrons. The fourth-order valence-corrected chi connectivity index (χ4v) is 1.89. The van der Waals surface area contributed by atoms with E-state index in [4.69, 9.17) is 5.11 Å². The molecule has 0 saturated heterocycles. The fourth-order valence-electron chi connectivity index (χ4n) is 1.89. The van der Waals surface area contributed by atoms with Crippen LogP contribution in [0.5, 0.6) is 0 Å². The number of nitrogens with one attached hydrogen (secondary N) is 1. The predicted octanol–water partition coefficient (Wildman–Crippen LogP) is 2.86. The number of rotatable bonds is 5. The van der Waals surface area contributed by atoms with Crippen molar-refractivity contribution < 1.29 is 14.8 Å². The Balaban J connectivity index is 2.31. The van der Waals surface area contributed by atoms with Gasteiger partial charge in [0.05, 0.1) is 16.5 Å². The molecule has 0 spiro atoms. The summed E-state index contributed by atoms with van der Waals surface area (Å²) in [7, 11) is 0. The topological polar surface area (TPSA) is 105 Å². The van der Waals surface area contributed by atoms with Gasteiger partial charge in [-0.25, -0.2) is 4.79 Å². The maximum atomic E-state index is 11.1. The van der Waals surface area contributed by atoms with Gasteiger partial charge in [0.1, 0.15) is 5.69 Å². The predicted molar refractivity (Wildman–Crippen MR) is 76.3 cm³/mol. The molecule has 7 heteroatoms. The van der Waals surface area contributed by atoms with Crippen molar-refractivity contribution in [3.8, 4) is 0 Å². The molecule has 2 rings (SSSR count). The third-order valence-corrected chi connectivity index (χ3v) is 3.00. The summed E-state index contributed by atoms with van der Waals surface area (Å²) in [5.74, 6) is -1.20. The molecule has 0 aliphatic rings. The van der Waals surface area contributed by atoms with Crippen LogP contribution in [0.25, 0.3) is 0 Å². The highest BCUT2D eigenvalue weighted by atomic mass is 16.6. The SMILES string of the molecule is CC(Nc1ccc(C(=O)O)cc1[N+](=O)[O-])c1cccnc1. The van der Waals surface area contributed by atoms with E-state index in [-0.39, 0.29) is 23.0 Å². The fraction of sp³-hybridized carbons (Fsp3) is 0.143. The summed E-state index contributed by atoms with van der Waals surface area (Å²) < 4.78 is 0. The highest BCUT2D eigenvalue weighted by molar-refractivity contribution is 5.89. The van der Waals surface area contributed by atoms with E-state index in [0.717, 1.165) is 11.6 Å². The van der Waals surface area contributed by atoms with Gasteiger partial charge in [0.15, 0.2) is 0 Å². The number of nitrogens with zero attached hydrogens (tertiary/aromatic N) is 2. The minimum atomic E-state index is -1.20. The summed E-state index contributed by atoms with van der Waals surface area (Å²) in [5.41, 5.74) is 0.738. The number of benzene rings is 1. The van der Waals surface area contributed by atoms with Crippen LogP contribution < -0.4 is 5.32 Å². The number of hydrogen-bond acceptors (Lipinski definition) is 5. The van der Waals surface area contributed by atoms with E-state index in [0.29, 0.717) is 0 Å². The number of carboxylic acid groups (broad SMARTS) is 1. The first-order valence-electron chi connectivity index (χ1n) is 6.17. The first-order valence-corrected chi connectivity index (χ1v) is 6.17. The van der Waals surface area contributed by atoms with Gasteiger partial charge in [-0.1, -0.05) is 6.07 Å². The summed E-state index contributed by atoms with van der Waals surface area (Å²) in [6.45, 7) is 1.84. The highest BCUT2D eigenvalue weighted by Crippen LogP contribution is 2.29. The number of hydrogen-bond donors (Lipinski definition) is 2. The van der Waals surface area contributed by atoms with Crippen LogP contribution in [0.3, 0.4) is 0 Å². The van der Waals surface area contributed by atoms with Crippen molar-refractivity contribution in [2.45, 2.75) is 13.0 Å². The van der Waals surface area contributed by atoms with E-state index in [1.54, 1.807) is 18.5 Å². The quantitative estimate of drug-likeness (QED) is 0.647. The van der Waals surface area contributed by atoms with Crippen LogP contribution in [-0.4, -0.2) is 21.0 Å². The van der Waals surface area contributed by atoms with Gasteiger partial charge >= 0.3 is 5.97 Å². The van der Waals surface area contributed by atoms with Crippen LogP contribution in [0, 0.1) is 10.1 Å². The number of aromatic carboxylic acids is 1. The Kier molecular flexibility index (Phi) is 4.13. The molecule has 0 amide bonds. The zero-order valence-electron chi connectivity index (χ0n) is 11.2. The zero-order valence-corrected chi connectivity index (χ0v) is 11.2. The van der Waals surface area contributed by atoms with Crippen molar-refractivity contribution in [3.05, 3.63) is 64.0 Å². The lowest BCUT2D eigenvalue weighted by Gasteiger charge is -2.15. The highest BCUT2D eigenvalue weighted by Gasteiger charge is 2.19. The lowest BCUT2D eigenvalue weighted by molar-refractivity contribution is -0.384. The second-order valence-electron chi connectivity index (χ2n) is 4.45. The van der Waals surface area contributed by atoms with Crippen molar-refractivity contribution in [2.75, 3.05) is 5.32 Å². The maximum absolute atomic E-state index is 11.1. The number of nitro benzene ring substituents is 1. The lowest BCUT2D eigenvalue weighted by Crippen LogP contribution is -2.09. The van der Waals surface area contributed by atoms with Crippen LogP contribution in [-0.2, 0) is 0 Å². The van der Waals surface area contributed by atoms with E-state index in [1.807, 2.05) is 13.0 Å². The molecular formula is C14H13N3O4. The van der Waals surface area contributed by atoms with Crippen LogP contribution in [0.2, 0.25) is 0 Å². The standard InChI is InChI=1S/C14H13N3O4/c1-9(11-3-2-6-15-8-11)16-12-5-4-10(14(18)19)7-13(12)17(20)21/h2-9,16H,1H3,(H,18,19). The number of pyridine rings is 1. The minimum Gasteiger partial charge on any atom is -0.478 e. The second kappa shape index (κ2) is 6.00. The summed E-state index contributed by atoms with van der Waals surface area (Å²) in [6, 6.07) is 7.19. The van der Waals surface area contributed by atoms with E-state index in [2.05, 4.69) is 10.3 Å². The van der Waals surface area contributed by atoms with E-state index < -0.39 is 10.9 Å². The molecule has 7 nitrogen and oxygen atoms in total. The number of carbonyl (C=O) groups is 1. The molecule has 1 aromatic heterocycles. The van der Waals surface area contributed by atoms with Gasteiger partial charge in [0, 0.05) is 18.5 Å². The minimum absolute atomic E-state index is 0.124. The molecule has 1 aromatic carbocycles. The van der Waals surface area contributed by atoms with Crippen LogP contribution >= 0.6 is 0 Å². The molecule has 21 heavy (non-hydrogen) atoms. The number of carboxylic acids is 1. The Morgan fingerprint density at radius 3 is 2.76 bits per heavy atom. The average molecular weight is 287 g/mol. The molecule has 2 aromatic rings. The monoisotopic (exact) mass is 287 g/mol. The molecule has 108 valence electrons. The molecule has 0 aliphatic heterocycles.